The monoisotopic (exact) mass is 365 g/mol. The highest BCUT2D eigenvalue weighted by atomic mass is 16.5. The lowest BCUT2D eigenvalue weighted by Crippen LogP contribution is -2.14. The number of hydrogen-bond donors (Lipinski definition) is 2. The molecule has 2 N–H and O–H groups in total. The third-order valence-electron chi connectivity index (χ3n) is 4.31. The number of nitrogens with zero attached hydrogens (tertiary/aromatic N) is 4. The van der Waals surface area contributed by atoms with Crippen LogP contribution in [0.3, 0.4) is 0 Å². The van der Waals surface area contributed by atoms with Crippen molar-refractivity contribution in [2.24, 2.45) is 0 Å². The van der Waals surface area contributed by atoms with Crippen molar-refractivity contribution in [1.82, 2.24) is 24.9 Å². The van der Waals surface area contributed by atoms with Gasteiger partial charge in [-0.05, 0) is 19.1 Å². The molecule has 4 rings (SSSR count). The summed E-state index contributed by atoms with van der Waals surface area (Å²) < 4.78 is 6.79. The summed E-state index contributed by atoms with van der Waals surface area (Å²) in [6, 6.07) is 7.67. The van der Waals surface area contributed by atoms with Crippen LogP contribution in [0.4, 0.5) is 0 Å². The average molecular weight is 365 g/mol. The summed E-state index contributed by atoms with van der Waals surface area (Å²) in [5.41, 5.74) is 1.34. The largest absolute Gasteiger partial charge is 0.506 e. The summed E-state index contributed by atoms with van der Waals surface area (Å²) in [5.74, 6) is 0.187. The minimum absolute atomic E-state index is 0.0244. The second-order valence-electron chi connectivity index (χ2n) is 7.51. The van der Waals surface area contributed by atoms with Crippen molar-refractivity contribution < 1.29 is 9.63 Å². The van der Waals surface area contributed by atoms with Crippen LogP contribution in [-0.4, -0.2) is 30.0 Å². The first-order valence-corrected chi connectivity index (χ1v) is 8.50. The molecule has 0 aliphatic carbocycles. The van der Waals surface area contributed by atoms with E-state index in [0.29, 0.717) is 16.9 Å². The number of hydrogen-bond acceptors (Lipinski definition) is 6. The number of nitrogens with one attached hydrogen (secondary N) is 1. The van der Waals surface area contributed by atoms with Crippen LogP contribution in [0, 0.1) is 6.92 Å². The van der Waals surface area contributed by atoms with Crippen LogP contribution >= 0.6 is 0 Å². The molecule has 27 heavy (non-hydrogen) atoms. The van der Waals surface area contributed by atoms with E-state index in [9.17, 15) is 9.90 Å². The van der Waals surface area contributed by atoms with Crippen LogP contribution in [0.25, 0.3) is 28.2 Å². The lowest BCUT2D eigenvalue weighted by atomic mass is 9.96. The van der Waals surface area contributed by atoms with Crippen molar-refractivity contribution in [3.8, 4) is 22.9 Å². The Balaban J connectivity index is 1.89. The van der Waals surface area contributed by atoms with Gasteiger partial charge in [0.2, 0.25) is 0 Å². The first-order chi connectivity index (χ1) is 12.8. The van der Waals surface area contributed by atoms with Gasteiger partial charge in [0.1, 0.15) is 17.0 Å². The maximum absolute atomic E-state index is 12.7. The van der Waals surface area contributed by atoms with Gasteiger partial charge in [-0.15, -0.1) is 0 Å². The Morgan fingerprint density at radius 1 is 1.19 bits per heavy atom. The molecule has 8 heteroatoms. The summed E-state index contributed by atoms with van der Waals surface area (Å²) in [6.45, 7) is 7.78. The molecule has 0 saturated carbocycles. The zero-order chi connectivity index (χ0) is 19.3. The molecule has 0 spiro atoms. The Hall–Kier alpha value is -3.42. The third-order valence-corrected chi connectivity index (χ3v) is 4.31. The second kappa shape index (κ2) is 5.80. The standard InChI is InChI=1S/C19H19N5O3/c1-10-5-7-11(8-6-10)24-15-12(9-20-24)14(25)13(16(26)21-15)17-22-18(23-27-17)19(2,3)4/h5-9H,1-4H3,(H2,21,25,26). The molecule has 4 aromatic rings. The molecule has 1 aromatic carbocycles. The fourth-order valence-electron chi connectivity index (χ4n) is 2.76. The number of pyridine rings is 1. The van der Waals surface area contributed by atoms with E-state index in [2.05, 4.69) is 20.2 Å². The van der Waals surface area contributed by atoms with Crippen molar-refractivity contribution >= 4 is 11.0 Å². The second-order valence-corrected chi connectivity index (χ2v) is 7.51. The highest BCUT2D eigenvalue weighted by molar-refractivity contribution is 5.88. The maximum atomic E-state index is 12.7. The van der Waals surface area contributed by atoms with E-state index in [1.807, 2.05) is 52.0 Å². The van der Waals surface area contributed by atoms with Gasteiger partial charge in [-0.1, -0.05) is 43.6 Å². The summed E-state index contributed by atoms with van der Waals surface area (Å²) in [4.78, 5) is 19.7. The number of aromatic nitrogens is 5. The van der Waals surface area contributed by atoms with Gasteiger partial charge in [0.25, 0.3) is 11.4 Å². The Kier molecular flexibility index (Phi) is 3.66. The molecule has 3 heterocycles. The molecular formula is C19H19N5O3. The molecule has 0 aliphatic heterocycles. The molecule has 0 atom stereocenters. The molecule has 0 bridgehead atoms. The summed E-state index contributed by atoms with van der Waals surface area (Å²) in [6.07, 6.45) is 1.49. The number of aryl methyl sites for hydroxylation is 1. The maximum Gasteiger partial charge on any atom is 0.267 e. The molecule has 0 saturated heterocycles. The van der Waals surface area contributed by atoms with Crippen molar-refractivity contribution in [3.63, 3.8) is 0 Å². The van der Waals surface area contributed by atoms with Gasteiger partial charge < -0.3 is 14.6 Å². The topological polar surface area (TPSA) is 110 Å². The van der Waals surface area contributed by atoms with Gasteiger partial charge in [0, 0.05) is 5.41 Å². The minimum atomic E-state index is -0.530. The van der Waals surface area contributed by atoms with E-state index in [0.717, 1.165) is 11.3 Å². The van der Waals surface area contributed by atoms with Crippen molar-refractivity contribution in [2.45, 2.75) is 33.1 Å². The Morgan fingerprint density at radius 3 is 2.52 bits per heavy atom. The van der Waals surface area contributed by atoms with Crippen LogP contribution in [-0.2, 0) is 5.41 Å². The van der Waals surface area contributed by atoms with Gasteiger partial charge >= 0.3 is 0 Å². The van der Waals surface area contributed by atoms with Crippen LogP contribution in [0.2, 0.25) is 0 Å². The molecule has 138 valence electrons. The fourth-order valence-corrected chi connectivity index (χ4v) is 2.76. The van der Waals surface area contributed by atoms with Gasteiger partial charge in [-0.3, -0.25) is 4.79 Å². The number of H-pyrrole nitrogens is 1. The minimum Gasteiger partial charge on any atom is -0.506 e. The molecule has 3 aromatic heterocycles. The summed E-state index contributed by atoms with van der Waals surface area (Å²) in [5, 5.41) is 19.3. The average Bonchev–Trinajstić information content (AvgIpc) is 3.23. The lowest BCUT2D eigenvalue weighted by molar-refractivity contribution is 0.399. The van der Waals surface area contributed by atoms with Gasteiger partial charge in [0.15, 0.2) is 5.82 Å². The van der Waals surface area contributed by atoms with Crippen molar-refractivity contribution in [1.29, 1.82) is 0 Å². The van der Waals surface area contributed by atoms with E-state index in [1.165, 1.54) is 6.20 Å². The molecule has 0 amide bonds. The lowest BCUT2D eigenvalue weighted by Gasteiger charge is -2.10. The number of aromatic hydroxyl groups is 1. The van der Waals surface area contributed by atoms with Crippen LogP contribution < -0.4 is 5.56 Å². The fraction of sp³-hybridized carbons (Fsp3) is 0.263. The Labute approximate surface area is 154 Å². The van der Waals surface area contributed by atoms with Gasteiger partial charge in [-0.2, -0.15) is 10.1 Å². The van der Waals surface area contributed by atoms with Gasteiger partial charge in [-0.25, -0.2) is 4.68 Å². The summed E-state index contributed by atoms with van der Waals surface area (Å²) >= 11 is 0. The molecule has 8 nitrogen and oxygen atoms in total. The van der Waals surface area contributed by atoms with E-state index in [-0.39, 0.29) is 22.6 Å². The number of benzene rings is 1. The normalized spacial score (nSPS) is 12.0. The van der Waals surface area contributed by atoms with Crippen molar-refractivity contribution in [2.75, 3.05) is 0 Å². The highest BCUT2D eigenvalue weighted by Gasteiger charge is 2.26. The molecular weight excluding hydrogens is 346 g/mol. The SMILES string of the molecule is Cc1ccc(-n2ncc3c(O)c(-c4nc(C(C)(C)C)no4)c(=O)[nH]c32)cc1. The van der Waals surface area contributed by atoms with Crippen LogP contribution in [0.1, 0.15) is 32.2 Å². The third kappa shape index (κ3) is 2.79. The quantitative estimate of drug-likeness (QED) is 0.565. The Morgan fingerprint density at radius 2 is 1.89 bits per heavy atom. The van der Waals surface area contributed by atoms with Crippen LogP contribution in [0.15, 0.2) is 39.8 Å². The predicted molar refractivity (Wildman–Crippen MR) is 100 cm³/mol. The Bertz CT molecular complexity index is 1190. The first kappa shape index (κ1) is 17.0. The van der Waals surface area contributed by atoms with E-state index in [4.69, 9.17) is 4.52 Å². The molecule has 0 fully saturated rings. The van der Waals surface area contributed by atoms with E-state index < -0.39 is 5.56 Å². The van der Waals surface area contributed by atoms with E-state index in [1.54, 1.807) is 4.68 Å². The smallest absolute Gasteiger partial charge is 0.267 e. The molecule has 0 unspecified atom stereocenters. The molecule has 0 radical (unpaired) electrons. The van der Waals surface area contributed by atoms with Crippen molar-refractivity contribution in [3.05, 3.63) is 52.2 Å². The molecule has 0 aliphatic rings. The zero-order valence-electron chi connectivity index (χ0n) is 15.4. The summed E-state index contributed by atoms with van der Waals surface area (Å²) in [7, 11) is 0. The number of rotatable bonds is 2. The highest BCUT2D eigenvalue weighted by Crippen LogP contribution is 2.32. The zero-order valence-corrected chi connectivity index (χ0v) is 15.4. The number of fused-ring (bicyclic) bond motifs is 1. The van der Waals surface area contributed by atoms with Gasteiger partial charge in [0.05, 0.1) is 17.3 Å². The predicted octanol–water partition coefficient (Wildman–Crippen LogP) is 3.08. The van der Waals surface area contributed by atoms with Crippen LogP contribution in [0.5, 0.6) is 5.75 Å². The number of aromatic amines is 1. The van der Waals surface area contributed by atoms with E-state index >= 15 is 0 Å². The first-order valence-electron chi connectivity index (χ1n) is 8.50.